The number of hydrogen-bond acceptors (Lipinski definition) is 4. The molecule has 25 heavy (non-hydrogen) atoms. The number of aromatic nitrogens is 2. The Hall–Kier alpha value is -2.37. The normalized spacial score (nSPS) is 28.6. The van der Waals surface area contributed by atoms with Crippen LogP contribution in [0.15, 0.2) is 29.5 Å². The van der Waals surface area contributed by atoms with Crippen LogP contribution >= 0.6 is 0 Å². The van der Waals surface area contributed by atoms with Crippen LogP contribution < -0.4 is 5.32 Å². The van der Waals surface area contributed by atoms with E-state index >= 15 is 0 Å². The van der Waals surface area contributed by atoms with Crippen molar-refractivity contribution in [1.29, 1.82) is 5.41 Å². The van der Waals surface area contributed by atoms with Crippen LogP contribution in [0.25, 0.3) is 0 Å². The number of carbonyl (C=O) groups excluding carboxylic acids is 1. The van der Waals surface area contributed by atoms with Gasteiger partial charge in [0.25, 0.3) is 5.91 Å². The van der Waals surface area contributed by atoms with Crippen molar-refractivity contribution < 1.29 is 4.79 Å². The number of aryl methyl sites for hydroxylation is 1. The number of allylic oxidation sites excluding steroid dienone is 2. The van der Waals surface area contributed by atoms with Gasteiger partial charge in [-0.2, -0.15) is 0 Å². The number of rotatable bonds is 4. The first-order chi connectivity index (χ1) is 11.9. The van der Waals surface area contributed by atoms with Gasteiger partial charge >= 0.3 is 0 Å². The third-order valence-electron chi connectivity index (χ3n) is 5.29. The Morgan fingerprint density at radius 1 is 1.32 bits per heavy atom. The summed E-state index contributed by atoms with van der Waals surface area (Å²) in [4.78, 5) is 25.0. The van der Waals surface area contributed by atoms with E-state index in [1.807, 2.05) is 13.0 Å². The molecule has 2 aliphatic rings. The molecule has 0 spiro atoms. The van der Waals surface area contributed by atoms with Gasteiger partial charge in [0.2, 0.25) is 0 Å². The molecule has 2 bridgehead atoms. The van der Waals surface area contributed by atoms with E-state index < -0.39 is 0 Å². The molecule has 0 radical (unpaired) electrons. The number of carbonyl (C=O) groups is 1. The Bertz CT molecular complexity index is 741. The van der Waals surface area contributed by atoms with E-state index in [0.29, 0.717) is 11.5 Å². The summed E-state index contributed by atoms with van der Waals surface area (Å²) in [5, 5.41) is 10.6. The Morgan fingerprint density at radius 3 is 2.92 bits per heavy atom. The van der Waals surface area contributed by atoms with E-state index in [1.165, 1.54) is 6.20 Å². The Balaban J connectivity index is 1.71. The number of nitrogens with one attached hydrogen (secondary N) is 2. The third kappa shape index (κ3) is 4.00. The third-order valence-corrected chi connectivity index (χ3v) is 5.29. The lowest BCUT2D eigenvalue weighted by molar-refractivity contribution is 0.0864. The van der Waals surface area contributed by atoms with Crippen LogP contribution in [0, 0.1) is 17.7 Å². The highest BCUT2D eigenvalue weighted by Gasteiger charge is 2.50. The molecule has 6 nitrogen and oxygen atoms in total. The van der Waals surface area contributed by atoms with Crippen molar-refractivity contribution in [2.75, 3.05) is 0 Å². The fraction of sp³-hybridized carbons (Fsp3) is 0.526. The van der Waals surface area contributed by atoms with Crippen LogP contribution in [0.4, 0.5) is 0 Å². The summed E-state index contributed by atoms with van der Waals surface area (Å²) < 4.78 is 0. The first-order valence-corrected chi connectivity index (χ1v) is 8.80. The summed E-state index contributed by atoms with van der Waals surface area (Å²) in [6.07, 6.45) is 15.3. The first-order valence-electron chi connectivity index (χ1n) is 8.80. The van der Waals surface area contributed by atoms with Gasteiger partial charge in [0.05, 0.1) is 11.9 Å². The first kappa shape index (κ1) is 17.5. The summed E-state index contributed by atoms with van der Waals surface area (Å²) in [5.41, 5.74) is 1.13. The van der Waals surface area contributed by atoms with Crippen molar-refractivity contribution in [3.8, 4) is 0 Å². The summed E-state index contributed by atoms with van der Waals surface area (Å²) in [6.45, 7) is 3.50. The highest BCUT2D eigenvalue weighted by Crippen LogP contribution is 2.54. The lowest BCUT2D eigenvalue weighted by Crippen LogP contribution is -2.49. The topological polar surface area (TPSA) is 91.1 Å². The largest absolute Gasteiger partial charge is 0.345 e. The van der Waals surface area contributed by atoms with Crippen LogP contribution in [-0.2, 0) is 0 Å². The van der Waals surface area contributed by atoms with Gasteiger partial charge in [-0.05, 0) is 57.4 Å². The molecule has 1 aromatic rings. The number of amides is 1. The van der Waals surface area contributed by atoms with Crippen molar-refractivity contribution in [3.05, 3.63) is 35.9 Å². The summed E-state index contributed by atoms with van der Waals surface area (Å²) >= 11 is 0. The second kappa shape index (κ2) is 6.86. The van der Waals surface area contributed by atoms with Gasteiger partial charge in [0.1, 0.15) is 11.5 Å². The van der Waals surface area contributed by atoms with Crippen LogP contribution in [0.3, 0.4) is 0 Å². The average molecular weight is 339 g/mol. The summed E-state index contributed by atoms with van der Waals surface area (Å²) in [6, 6.07) is 0. The van der Waals surface area contributed by atoms with E-state index in [1.54, 1.807) is 19.3 Å². The Labute approximate surface area is 148 Å². The van der Waals surface area contributed by atoms with E-state index in [-0.39, 0.29) is 16.9 Å². The quantitative estimate of drug-likeness (QED) is 0.651. The molecular weight excluding hydrogens is 314 g/mol. The molecule has 0 aromatic carbocycles. The zero-order chi connectivity index (χ0) is 17.9. The number of hydrogen-bond donors (Lipinski definition) is 2. The summed E-state index contributed by atoms with van der Waals surface area (Å²) in [5.74, 6) is 0.178. The van der Waals surface area contributed by atoms with Crippen molar-refractivity contribution in [3.63, 3.8) is 0 Å². The fourth-order valence-electron chi connectivity index (χ4n) is 4.22. The zero-order valence-electron chi connectivity index (χ0n) is 14.9. The second-order valence-corrected chi connectivity index (χ2v) is 7.40. The molecule has 2 N–H and O–H groups in total. The van der Waals surface area contributed by atoms with E-state index in [4.69, 9.17) is 5.41 Å². The standard InChI is InChI=1S/C19H25N5O/c1-14-11-21-12-16(23-14)17(25)24-19-7-3-5-18(13-19,8-9-19)6-4-10-22-15(2)20/h4,6,10-12,20H,3,5,7-9,13H2,1-2H3,(H,24,25)/b6-4+,20-15?,22-10-. The highest BCUT2D eigenvalue weighted by molar-refractivity contribution is 5.92. The van der Waals surface area contributed by atoms with Crippen molar-refractivity contribution in [2.24, 2.45) is 10.4 Å². The molecule has 2 saturated carbocycles. The van der Waals surface area contributed by atoms with Gasteiger partial charge < -0.3 is 5.32 Å². The Morgan fingerprint density at radius 2 is 2.16 bits per heavy atom. The fourth-order valence-corrected chi connectivity index (χ4v) is 4.22. The van der Waals surface area contributed by atoms with Gasteiger partial charge in [-0.15, -0.1) is 0 Å². The van der Waals surface area contributed by atoms with Crippen LogP contribution in [0.5, 0.6) is 0 Å². The minimum Gasteiger partial charge on any atom is -0.345 e. The molecule has 2 unspecified atom stereocenters. The minimum atomic E-state index is -0.139. The number of nitrogens with zero attached hydrogens (tertiary/aromatic N) is 3. The predicted molar refractivity (Wildman–Crippen MR) is 98.1 cm³/mol. The maximum Gasteiger partial charge on any atom is 0.271 e. The molecule has 1 amide bonds. The van der Waals surface area contributed by atoms with Gasteiger partial charge in [-0.3, -0.25) is 15.2 Å². The van der Waals surface area contributed by atoms with E-state index in [9.17, 15) is 4.79 Å². The highest BCUT2D eigenvalue weighted by atomic mass is 16.2. The number of aliphatic imine (C=N–C) groups is 1. The molecule has 2 fully saturated rings. The van der Waals surface area contributed by atoms with E-state index in [0.717, 1.165) is 44.2 Å². The predicted octanol–water partition coefficient (Wildman–Crippen LogP) is 3.23. The molecule has 3 rings (SSSR count). The maximum absolute atomic E-state index is 12.6. The molecule has 6 heteroatoms. The minimum absolute atomic E-state index is 0.126. The lowest BCUT2D eigenvalue weighted by Gasteiger charge is -2.38. The van der Waals surface area contributed by atoms with Crippen molar-refractivity contribution >= 4 is 18.0 Å². The van der Waals surface area contributed by atoms with Crippen molar-refractivity contribution in [2.45, 2.75) is 57.9 Å². The van der Waals surface area contributed by atoms with Crippen molar-refractivity contribution in [1.82, 2.24) is 15.3 Å². The van der Waals surface area contributed by atoms with Gasteiger partial charge in [0, 0.05) is 18.0 Å². The molecule has 0 saturated heterocycles. The SMILES string of the molecule is CC(=N)/N=C\C=C\C12CCCC(NC(=O)c3cncc(C)n3)(CC1)C2. The summed E-state index contributed by atoms with van der Waals surface area (Å²) in [7, 11) is 0. The van der Waals surface area contributed by atoms with Crippen LogP contribution in [0.2, 0.25) is 0 Å². The average Bonchev–Trinajstić information content (AvgIpc) is 2.82. The lowest BCUT2D eigenvalue weighted by atomic mass is 9.72. The van der Waals surface area contributed by atoms with E-state index in [2.05, 4.69) is 26.4 Å². The number of fused-ring (bicyclic) bond motifs is 2. The van der Waals surface area contributed by atoms with Crippen LogP contribution in [0.1, 0.15) is 61.6 Å². The Kier molecular flexibility index (Phi) is 4.79. The molecular formula is C19H25N5O. The monoisotopic (exact) mass is 339 g/mol. The van der Waals surface area contributed by atoms with Gasteiger partial charge in [0.15, 0.2) is 0 Å². The van der Waals surface area contributed by atoms with Gasteiger partial charge in [-0.25, -0.2) is 9.98 Å². The number of amidine groups is 1. The molecule has 132 valence electrons. The maximum atomic E-state index is 12.6. The van der Waals surface area contributed by atoms with Gasteiger partial charge in [-0.1, -0.05) is 12.5 Å². The molecule has 1 heterocycles. The van der Waals surface area contributed by atoms with Crippen LogP contribution in [-0.4, -0.2) is 33.5 Å². The second-order valence-electron chi connectivity index (χ2n) is 7.40. The molecule has 1 aromatic heterocycles. The molecule has 2 atom stereocenters. The molecule has 2 aliphatic carbocycles. The molecule has 0 aliphatic heterocycles. The smallest absolute Gasteiger partial charge is 0.271 e. The zero-order valence-corrected chi connectivity index (χ0v) is 14.9.